The predicted molar refractivity (Wildman–Crippen MR) is 63.5 cm³/mol. The number of rotatable bonds is 4. The van der Waals surface area contributed by atoms with Crippen molar-refractivity contribution >= 4 is 17.5 Å². The maximum absolute atomic E-state index is 11.2. The van der Waals surface area contributed by atoms with Gasteiger partial charge in [0.2, 0.25) is 5.91 Å². The van der Waals surface area contributed by atoms with E-state index in [0.29, 0.717) is 11.6 Å². The molecule has 0 radical (unpaired) electrons. The predicted octanol–water partition coefficient (Wildman–Crippen LogP) is 1.27. The van der Waals surface area contributed by atoms with E-state index in [1.54, 1.807) is 26.1 Å². The van der Waals surface area contributed by atoms with E-state index >= 15 is 0 Å². The number of aromatic hydroxyl groups is 1. The molecule has 5 heteroatoms. The van der Waals surface area contributed by atoms with Gasteiger partial charge in [0.25, 0.3) is 0 Å². The number of phenolic OH excluding ortho intramolecular Hbond substituents is 1. The van der Waals surface area contributed by atoms with Crippen LogP contribution in [0.25, 0.3) is 0 Å². The first-order chi connectivity index (χ1) is 7.54. The molecule has 1 atom stereocenters. The zero-order valence-corrected chi connectivity index (χ0v) is 10.0. The van der Waals surface area contributed by atoms with Gasteiger partial charge >= 0.3 is 0 Å². The summed E-state index contributed by atoms with van der Waals surface area (Å²) in [4.78, 5) is 11.2. The van der Waals surface area contributed by atoms with Crippen molar-refractivity contribution in [1.29, 1.82) is 0 Å². The lowest BCUT2D eigenvalue weighted by Crippen LogP contribution is -2.40. The fourth-order valence-corrected chi connectivity index (χ4v) is 1.44. The molecule has 0 fully saturated rings. The summed E-state index contributed by atoms with van der Waals surface area (Å²) in [6.07, 6.45) is 0. The summed E-state index contributed by atoms with van der Waals surface area (Å²) in [7, 11) is 1.60. The third-order valence-corrected chi connectivity index (χ3v) is 2.57. The Hall–Kier alpha value is -1.26. The highest BCUT2D eigenvalue weighted by Crippen LogP contribution is 2.23. The van der Waals surface area contributed by atoms with Crippen LogP contribution in [0.2, 0.25) is 5.02 Å². The topological polar surface area (TPSA) is 61.4 Å². The Morgan fingerprint density at radius 2 is 2.25 bits per heavy atom. The van der Waals surface area contributed by atoms with Gasteiger partial charge in [-0.25, -0.2) is 0 Å². The van der Waals surface area contributed by atoms with Crippen LogP contribution in [0.3, 0.4) is 0 Å². The number of nitrogens with one attached hydrogen (secondary N) is 2. The van der Waals surface area contributed by atoms with Gasteiger partial charge in [0.15, 0.2) is 0 Å². The van der Waals surface area contributed by atoms with Crippen molar-refractivity contribution in [2.75, 3.05) is 7.05 Å². The van der Waals surface area contributed by atoms with E-state index in [1.165, 1.54) is 6.07 Å². The van der Waals surface area contributed by atoms with Gasteiger partial charge in [-0.1, -0.05) is 17.7 Å². The van der Waals surface area contributed by atoms with E-state index in [4.69, 9.17) is 11.6 Å². The SMILES string of the molecule is CNC(=O)C(C)NCc1ccc(O)c(Cl)c1. The monoisotopic (exact) mass is 242 g/mol. The van der Waals surface area contributed by atoms with Crippen molar-refractivity contribution < 1.29 is 9.90 Å². The Balaban J connectivity index is 2.55. The van der Waals surface area contributed by atoms with Gasteiger partial charge < -0.3 is 15.7 Å². The zero-order chi connectivity index (χ0) is 12.1. The molecule has 4 nitrogen and oxygen atoms in total. The fraction of sp³-hybridized carbons (Fsp3) is 0.364. The minimum Gasteiger partial charge on any atom is -0.506 e. The second-order valence-electron chi connectivity index (χ2n) is 3.50. The Labute approximate surface area is 99.6 Å². The molecule has 0 spiro atoms. The Morgan fingerprint density at radius 1 is 1.56 bits per heavy atom. The normalized spacial score (nSPS) is 12.2. The van der Waals surface area contributed by atoms with Crippen molar-refractivity contribution in [2.45, 2.75) is 19.5 Å². The number of likely N-dealkylation sites (N-methyl/N-ethyl adjacent to an activating group) is 1. The van der Waals surface area contributed by atoms with Crippen LogP contribution >= 0.6 is 11.6 Å². The molecule has 16 heavy (non-hydrogen) atoms. The summed E-state index contributed by atoms with van der Waals surface area (Å²) in [5.41, 5.74) is 0.915. The van der Waals surface area contributed by atoms with E-state index in [-0.39, 0.29) is 17.7 Å². The van der Waals surface area contributed by atoms with Gasteiger partial charge in [0.05, 0.1) is 11.1 Å². The number of carbonyl (C=O) groups excluding carboxylic acids is 1. The molecule has 0 heterocycles. The number of hydrogen-bond acceptors (Lipinski definition) is 3. The summed E-state index contributed by atoms with van der Waals surface area (Å²) in [6.45, 7) is 2.30. The molecule has 1 unspecified atom stereocenters. The van der Waals surface area contributed by atoms with Crippen LogP contribution in [0, 0.1) is 0 Å². The molecule has 0 bridgehead atoms. The summed E-state index contributed by atoms with van der Waals surface area (Å²) in [6, 6.07) is 4.69. The molecule has 3 N–H and O–H groups in total. The molecular formula is C11H15ClN2O2. The molecule has 1 aromatic carbocycles. The standard InChI is InChI=1S/C11H15ClN2O2/c1-7(11(16)13-2)14-6-8-3-4-10(15)9(12)5-8/h3-5,7,14-15H,6H2,1-2H3,(H,13,16). The highest BCUT2D eigenvalue weighted by atomic mass is 35.5. The number of phenols is 1. The lowest BCUT2D eigenvalue weighted by Gasteiger charge is -2.12. The lowest BCUT2D eigenvalue weighted by molar-refractivity contribution is -0.122. The minimum atomic E-state index is -0.266. The molecule has 0 saturated carbocycles. The van der Waals surface area contributed by atoms with Crippen molar-refractivity contribution in [3.63, 3.8) is 0 Å². The second kappa shape index (κ2) is 5.72. The number of benzene rings is 1. The quantitative estimate of drug-likeness (QED) is 0.745. The molecule has 1 amide bonds. The number of hydrogen-bond donors (Lipinski definition) is 3. The molecule has 0 saturated heterocycles. The molecule has 0 aliphatic carbocycles. The Morgan fingerprint density at radius 3 is 2.81 bits per heavy atom. The van der Waals surface area contributed by atoms with Crippen molar-refractivity contribution in [2.24, 2.45) is 0 Å². The average molecular weight is 243 g/mol. The van der Waals surface area contributed by atoms with Crippen LogP contribution in [-0.2, 0) is 11.3 Å². The van der Waals surface area contributed by atoms with Gasteiger partial charge in [0.1, 0.15) is 5.75 Å². The Bertz CT molecular complexity index is 382. The molecule has 0 aliphatic rings. The first-order valence-corrected chi connectivity index (χ1v) is 5.34. The van der Waals surface area contributed by atoms with Crippen molar-refractivity contribution in [3.8, 4) is 5.75 Å². The highest BCUT2D eigenvalue weighted by molar-refractivity contribution is 6.32. The molecule has 1 rings (SSSR count). The van der Waals surface area contributed by atoms with Gasteiger partial charge in [-0.15, -0.1) is 0 Å². The fourth-order valence-electron chi connectivity index (χ4n) is 1.24. The van der Waals surface area contributed by atoms with Crippen molar-refractivity contribution in [3.05, 3.63) is 28.8 Å². The number of halogens is 1. The van der Waals surface area contributed by atoms with Crippen LogP contribution in [0.4, 0.5) is 0 Å². The van der Waals surface area contributed by atoms with E-state index in [1.807, 2.05) is 0 Å². The first kappa shape index (κ1) is 12.8. The van der Waals surface area contributed by atoms with Crippen LogP contribution in [-0.4, -0.2) is 24.1 Å². The zero-order valence-electron chi connectivity index (χ0n) is 9.25. The minimum absolute atomic E-state index is 0.0600. The average Bonchev–Trinajstić information content (AvgIpc) is 2.29. The summed E-state index contributed by atoms with van der Waals surface area (Å²) in [5, 5.41) is 15.1. The van der Waals surface area contributed by atoms with Gasteiger partial charge in [-0.3, -0.25) is 4.79 Å². The van der Waals surface area contributed by atoms with Crippen LogP contribution in [0.15, 0.2) is 18.2 Å². The molecule has 1 aromatic rings. The smallest absolute Gasteiger partial charge is 0.236 e. The van der Waals surface area contributed by atoms with Crippen LogP contribution < -0.4 is 10.6 Å². The second-order valence-corrected chi connectivity index (χ2v) is 3.91. The first-order valence-electron chi connectivity index (χ1n) is 4.97. The molecule has 88 valence electrons. The Kier molecular flexibility index (Phi) is 4.58. The van der Waals surface area contributed by atoms with Gasteiger partial charge in [0, 0.05) is 13.6 Å². The number of amides is 1. The maximum atomic E-state index is 11.2. The van der Waals surface area contributed by atoms with E-state index in [0.717, 1.165) is 5.56 Å². The molecule has 0 aliphatic heterocycles. The third-order valence-electron chi connectivity index (χ3n) is 2.26. The van der Waals surface area contributed by atoms with Crippen LogP contribution in [0.1, 0.15) is 12.5 Å². The van der Waals surface area contributed by atoms with E-state index in [9.17, 15) is 9.90 Å². The van der Waals surface area contributed by atoms with Gasteiger partial charge in [-0.2, -0.15) is 0 Å². The van der Waals surface area contributed by atoms with E-state index in [2.05, 4.69) is 10.6 Å². The summed E-state index contributed by atoms with van der Waals surface area (Å²) < 4.78 is 0. The third kappa shape index (κ3) is 3.40. The molecule has 0 aromatic heterocycles. The largest absolute Gasteiger partial charge is 0.506 e. The summed E-state index contributed by atoms with van der Waals surface area (Å²) in [5.74, 6) is -0.00496. The van der Waals surface area contributed by atoms with Crippen molar-refractivity contribution in [1.82, 2.24) is 10.6 Å². The molecular weight excluding hydrogens is 228 g/mol. The number of carbonyl (C=O) groups is 1. The maximum Gasteiger partial charge on any atom is 0.236 e. The van der Waals surface area contributed by atoms with E-state index < -0.39 is 0 Å². The van der Waals surface area contributed by atoms with Gasteiger partial charge in [-0.05, 0) is 24.6 Å². The summed E-state index contributed by atoms with van der Waals surface area (Å²) >= 11 is 5.76. The highest BCUT2D eigenvalue weighted by Gasteiger charge is 2.09. The van der Waals surface area contributed by atoms with Crippen LogP contribution in [0.5, 0.6) is 5.75 Å². The lowest BCUT2D eigenvalue weighted by atomic mass is 10.2.